The van der Waals surface area contributed by atoms with E-state index in [0.717, 1.165) is 19.5 Å². The van der Waals surface area contributed by atoms with Gasteiger partial charge in [-0.05, 0) is 18.3 Å². The molecule has 0 spiro atoms. The van der Waals surface area contributed by atoms with Crippen LogP contribution in [0.1, 0.15) is 34.1 Å². The summed E-state index contributed by atoms with van der Waals surface area (Å²) in [5.74, 6) is 0.991. The summed E-state index contributed by atoms with van der Waals surface area (Å²) in [6.45, 7) is 10.2. The van der Waals surface area contributed by atoms with Crippen molar-refractivity contribution in [2.45, 2.75) is 52.6 Å². The Hall–Kier alpha value is -0.330. The molecular weight excluding hydrogens is 269 g/mol. The summed E-state index contributed by atoms with van der Waals surface area (Å²) in [6, 6.07) is 0.631. The Morgan fingerprint density at radius 3 is 2.40 bits per heavy atom. The highest BCUT2D eigenvalue weighted by molar-refractivity contribution is 4.88. The van der Waals surface area contributed by atoms with Gasteiger partial charge in [-0.2, -0.15) is 0 Å². The van der Waals surface area contributed by atoms with E-state index in [1.807, 2.05) is 0 Å². The lowest BCUT2D eigenvalue weighted by Gasteiger charge is -2.43. The summed E-state index contributed by atoms with van der Waals surface area (Å²) in [7, 11) is 0. The van der Waals surface area contributed by atoms with E-state index >= 15 is 0 Å². The van der Waals surface area contributed by atoms with E-state index in [2.05, 4.69) is 42.6 Å². The monoisotopic (exact) mass is 296 g/mol. The van der Waals surface area contributed by atoms with Crippen molar-refractivity contribution in [3.05, 3.63) is 0 Å². The van der Waals surface area contributed by atoms with E-state index in [1.165, 1.54) is 0 Å². The zero-order valence-corrected chi connectivity index (χ0v) is 12.8. The molecule has 1 fully saturated rings. The second kappa shape index (κ2) is 7.61. The predicted octanol–water partition coefficient (Wildman–Crippen LogP) is 2.87. The van der Waals surface area contributed by atoms with Crippen LogP contribution in [0.5, 0.6) is 0 Å². The summed E-state index contributed by atoms with van der Waals surface area (Å²) in [5.41, 5.74) is 0. The molecule has 120 valence electrons. The topological polar surface area (TPSA) is 24.5 Å². The first-order chi connectivity index (χ1) is 9.19. The largest absolute Gasteiger partial charge is 0.522 e. The van der Waals surface area contributed by atoms with Gasteiger partial charge in [-0.1, -0.05) is 27.7 Å². The molecule has 1 aliphatic heterocycles. The first kappa shape index (κ1) is 17.7. The maximum absolute atomic E-state index is 12.1. The van der Waals surface area contributed by atoms with Gasteiger partial charge in [0.25, 0.3) is 0 Å². The first-order valence-electron chi connectivity index (χ1n) is 7.37. The number of hydrogen-bond acceptors (Lipinski definition) is 3. The number of alkyl halides is 3. The van der Waals surface area contributed by atoms with Crippen LogP contribution in [0.25, 0.3) is 0 Å². The lowest BCUT2D eigenvalue weighted by atomic mass is 9.95. The Balaban J connectivity index is 2.50. The van der Waals surface area contributed by atoms with Gasteiger partial charge in [0.15, 0.2) is 0 Å². The van der Waals surface area contributed by atoms with Crippen LogP contribution in [0, 0.1) is 11.8 Å². The quantitative estimate of drug-likeness (QED) is 0.815. The van der Waals surface area contributed by atoms with E-state index < -0.39 is 6.36 Å². The summed E-state index contributed by atoms with van der Waals surface area (Å²) in [4.78, 5) is 2.14. The fourth-order valence-corrected chi connectivity index (χ4v) is 2.82. The molecule has 0 aromatic rings. The second-order valence-electron chi connectivity index (χ2n) is 6.34. The lowest BCUT2D eigenvalue weighted by Crippen LogP contribution is -2.59. The van der Waals surface area contributed by atoms with Crippen LogP contribution in [0.15, 0.2) is 0 Å². The van der Waals surface area contributed by atoms with Gasteiger partial charge in [0.1, 0.15) is 0 Å². The van der Waals surface area contributed by atoms with Crippen molar-refractivity contribution >= 4 is 0 Å². The average molecular weight is 296 g/mol. The van der Waals surface area contributed by atoms with Crippen molar-refractivity contribution in [3.8, 4) is 0 Å². The Bertz CT molecular complexity index is 282. The Morgan fingerprint density at radius 1 is 1.25 bits per heavy atom. The number of piperazine rings is 1. The minimum atomic E-state index is -4.53. The van der Waals surface area contributed by atoms with Crippen LogP contribution in [0.4, 0.5) is 13.2 Å². The van der Waals surface area contributed by atoms with Crippen molar-refractivity contribution in [1.29, 1.82) is 0 Å². The number of hydrogen-bond donors (Lipinski definition) is 1. The molecule has 0 amide bonds. The van der Waals surface area contributed by atoms with Crippen molar-refractivity contribution in [2.24, 2.45) is 11.8 Å². The number of ether oxygens (including phenoxy) is 1. The number of nitrogens with zero attached hydrogens (tertiary/aromatic N) is 1. The predicted molar refractivity (Wildman–Crippen MR) is 73.5 cm³/mol. The average Bonchev–Trinajstić information content (AvgIpc) is 2.26. The molecule has 2 atom stereocenters. The SMILES string of the molecule is CC(C)CC1CN(CCOC(F)(F)F)C(C(C)C)CN1. The van der Waals surface area contributed by atoms with E-state index in [1.54, 1.807) is 0 Å². The van der Waals surface area contributed by atoms with Crippen LogP contribution in [0.2, 0.25) is 0 Å². The van der Waals surface area contributed by atoms with Crippen molar-refractivity contribution < 1.29 is 17.9 Å². The molecule has 1 rings (SSSR count). The minimum Gasteiger partial charge on any atom is -0.311 e. The fraction of sp³-hybridized carbons (Fsp3) is 1.00. The Morgan fingerprint density at radius 2 is 1.90 bits per heavy atom. The highest BCUT2D eigenvalue weighted by atomic mass is 19.4. The Labute approximate surface area is 119 Å². The molecule has 0 aromatic carbocycles. The molecule has 0 aliphatic carbocycles. The Kier molecular flexibility index (Phi) is 6.75. The maximum atomic E-state index is 12.1. The van der Waals surface area contributed by atoms with Crippen LogP contribution >= 0.6 is 0 Å². The third-order valence-corrected chi connectivity index (χ3v) is 3.71. The van der Waals surface area contributed by atoms with Gasteiger partial charge in [-0.3, -0.25) is 9.64 Å². The standard InChI is InChI=1S/C14H27F3N2O/c1-10(2)7-12-9-19(5-6-20-14(15,16)17)13(8-18-12)11(3)4/h10-13,18H,5-9H2,1-4H3. The number of halogens is 3. The number of rotatable bonds is 6. The number of nitrogens with one attached hydrogen (secondary N) is 1. The maximum Gasteiger partial charge on any atom is 0.522 e. The smallest absolute Gasteiger partial charge is 0.311 e. The minimum absolute atomic E-state index is 0.273. The van der Waals surface area contributed by atoms with Crippen molar-refractivity contribution in [2.75, 3.05) is 26.2 Å². The molecule has 1 aliphatic rings. The van der Waals surface area contributed by atoms with E-state index in [0.29, 0.717) is 24.4 Å². The van der Waals surface area contributed by atoms with E-state index in [-0.39, 0.29) is 12.6 Å². The fourth-order valence-electron chi connectivity index (χ4n) is 2.82. The summed E-state index contributed by atoms with van der Waals surface area (Å²) >= 11 is 0. The van der Waals surface area contributed by atoms with Crippen LogP contribution in [-0.4, -0.2) is 49.6 Å². The zero-order chi connectivity index (χ0) is 15.3. The van der Waals surface area contributed by atoms with Gasteiger partial charge < -0.3 is 5.32 Å². The summed E-state index contributed by atoms with van der Waals surface area (Å²) in [6.07, 6.45) is -3.49. The third-order valence-electron chi connectivity index (χ3n) is 3.71. The second-order valence-corrected chi connectivity index (χ2v) is 6.34. The first-order valence-corrected chi connectivity index (χ1v) is 7.37. The lowest BCUT2D eigenvalue weighted by molar-refractivity contribution is -0.325. The van der Waals surface area contributed by atoms with Gasteiger partial charge in [0, 0.05) is 31.7 Å². The molecule has 1 N–H and O–H groups in total. The van der Waals surface area contributed by atoms with Crippen molar-refractivity contribution in [1.82, 2.24) is 10.2 Å². The molecule has 3 nitrogen and oxygen atoms in total. The molecule has 1 saturated heterocycles. The summed E-state index contributed by atoms with van der Waals surface area (Å²) in [5, 5.41) is 3.51. The highest BCUT2D eigenvalue weighted by Gasteiger charge is 2.32. The van der Waals surface area contributed by atoms with Gasteiger partial charge in [0.2, 0.25) is 0 Å². The summed E-state index contributed by atoms with van der Waals surface area (Å²) < 4.78 is 40.1. The molecule has 0 bridgehead atoms. The van der Waals surface area contributed by atoms with Crippen LogP contribution in [0.3, 0.4) is 0 Å². The highest BCUT2D eigenvalue weighted by Crippen LogP contribution is 2.20. The van der Waals surface area contributed by atoms with Crippen LogP contribution < -0.4 is 5.32 Å². The van der Waals surface area contributed by atoms with Crippen molar-refractivity contribution in [3.63, 3.8) is 0 Å². The van der Waals surface area contributed by atoms with Gasteiger partial charge in [-0.25, -0.2) is 0 Å². The zero-order valence-electron chi connectivity index (χ0n) is 12.8. The van der Waals surface area contributed by atoms with E-state index in [9.17, 15) is 13.2 Å². The van der Waals surface area contributed by atoms with Gasteiger partial charge in [-0.15, -0.1) is 13.2 Å². The molecule has 2 unspecified atom stereocenters. The molecule has 1 heterocycles. The van der Waals surface area contributed by atoms with Crippen LogP contribution in [-0.2, 0) is 4.74 Å². The molecular formula is C14H27F3N2O. The molecule has 0 aromatic heterocycles. The molecule has 20 heavy (non-hydrogen) atoms. The van der Waals surface area contributed by atoms with Gasteiger partial charge in [0.05, 0.1) is 6.61 Å². The molecule has 0 radical (unpaired) electrons. The normalized spacial score (nSPS) is 25.6. The van der Waals surface area contributed by atoms with Gasteiger partial charge >= 0.3 is 6.36 Å². The molecule has 6 heteroatoms. The molecule has 0 saturated carbocycles. The third kappa shape index (κ3) is 6.41. The van der Waals surface area contributed by atoms with E-state index in [4.69, 9.17) is 0 Å².